The van der Waals surface area contributed by atoms with E-state index in [0.717, 1.165) is 11.1 Å². The topological polar surface area (TPSA) is 35.5 Å². The highest BCUT2D eigenvalue weighted by Crippen LogP contribution is 2.27. The van der Waals surface area contributed by atoms with Crippen LogP contribution in [0.25, 0.3) is 11.1 Å². The average Bonchev–Trinajstić information content (AvgIpc) is 2.46. The number of methoxy groups -OCH3 is 2. The van der Waals surface area contributed by atoms with E-state index in [0.29, 0.717) is 11.3 Å². The van der Waals surface area contributed by atoms with Crippen LogP contribution in [0.3, 0.4) is 0 Å². The zero-order valence-electron chi connectivity index (χ0n) is 11.3. The predicted octanol–water partition coefficient (Wildman–Crippen LogP) is 3.46. The summed E-state index contributed by atoms with van der Waals surface area (Å²) in [4.78, 5) is 11.6. The molecule has 0 atom stereocenters. The fourth-order valence-corrected chi connectivity index (χ4v) is 1.90. The van der Waals surface area contributed by atoms with Crippen molar-refractivity contribution in [2.75, 3.05) is 14.2 Å². The Labute approximate surface area is 112 Å². The number of ether oxygens (including phenoxy) is 2. The van der Waals surface area contributed by atoms with Crippen LogP contribution in [-0.2, 0) is 4.74 Å². The van der Waals surface area contributed by atoms with Gasteiger partial charge in [-0.15, -0.1) is 0 Å². The average molecular weight is 256 g/mol. The zero-order chi connectivity index (χ0) is 13.8. The lowest BCUT2D eigenvalue weighted by Gasteiger charge is -2.09. The van der Waals surface area contributed by atoms with Gasteiger partial charge in [0.05, 0.1) is 14.2 Å². The number of hydrogen-bond donors (Lipinski definition) is 0. The molecule has 0 unspecified atom stereocenters. The van der Waals surface area contributed by atoms with Gasteiger partial charge in [0.15, 0.2) is 0 Å². The molecule has 98 valence electrons. The first-order valence-electron chi connectivity index (χ1n) is 5.99. The van der Waals surface area contributed by atoms with E-state index in [-0.39, 0.29) is 0 Å². The molecule has 0 radical (unpaired) electrons. The smallest absolute Gasteiger partial charge is 0.341 e. The maximum Gasteiger partial charge on any atom is 0.341 e. The van der Waals surface area contributed by atoms with Gasteiger partial charge in [0.25, 0.3) is 0 Å². The molecule has 0 bridgehead atoms. The summed E-state index contributed by atoms with van der Waals surface area (Å²) in [6, 6.07) is 13.6. The van der Waals surface area contributed by atoms with E-state index in [1.54, 1.807) is 13.2 Å². The Balaban J connectivity index is 2.44. The highest BCUT2D eigenvalue weighted by atomic mass is 16.5. The standard InChI is InChI=1S/C16H16O3/c1-11-4-6-12(7-5-11)13-8-9-14(16(17)19-3)15(10-13)18-2/h4-10H,1-3H3. The number of carbonyl (C=O) groups is 1. The fourth-order valence-electron chi connectivity index (χ4n) is 1.90. The number of esters is 1. The Morgan fingerprint density at radius 3 is 2.16 bits per heavy atom. The van der Waals surface area contributed by atoms with Crippen LogP contribution >= 0.6 is 0 Å². The van der Waals surface area contributed by atoms with Crippen molar-refractivity contribution in [2.24, 2.45) is 0 Å². The molecule has 19 heavy (non-hydrogen) atoms. The van der Waals surface area contributed by atoms with Crippen molar-refractivity contribution in [1.29, 1.82) is 0 Å². The zero-order valence-corrected chi connectivity index (χ0v) is 11.3. The van der Waals surface area contributed by atoms with Crippen molar-refractivity contribution in [3.63, 3.8) is 0 Å². The van der Waals surface area contributed by atoms with Gasteiger partial charge in [-0.25, -0.2) is 4.79 Å². The minimum absolute atomic E-state index is 0.396. The molecule has 0 spiro atoms. The van der Waals surface area contributed by atoms with Crippen molar-refractivity contribution >= 4 is 5.97 Å². The van der Waals surface area contributed by atoms with Crippen LogP contribution in [0.15, 0.2) is 42.5 Å². The van der Waals surface area contributed by atoms with Crippen LogP contribution in [0.5, 0.6) is 5.75 Å². The van der Waals surface area contributed by atoms with E-state index in [9.17, 15) is 4.79 Å². The first-order valence-corrected chi connectivity index (χ1v) is 5.99. The first kappa shape index (κ1) is 13.1. The van der Waals surface area contributed by atoms with Gasteiger partial charge in [0.2, 0.25) is 0 Å². The molecule has 0 fully saturated rings. The summed E-state index contributed by atoms with van der Waals surface area (Å²) in [6.07, 6.45) is 0. The molecule has 0 aliphatic heterocycles. The van der Waals surface area contributed by atoms with E-state index in [2.05, 4.69) is 12.1 Å². The van der Waals surface area contributed by atoms with Gasteiger partial charge in [-0.1, -0.05) is 35.9 Å². The maximum absolute atomic E-state index is 11.6. The molecule has 0 amide bonds. The van der Waals surface area contributed by atoms with Gasteiger partial charge in [0.1, 0.15) is 11.3 Å². The second kappa shape index (κ2) is 5.57. The molecule has 2 rings (SSSR count). The van der Waals surface area contributed by atoms with Crippen LogP contribution < -0.4 is 4.74 Å². The third-order valence-corrected chi connectivity index (χ3v) is 2.99. The fraction of sp³-hybridized carbons (Fsp3) is 0.188. The molecule has 0 aliphatic rings. The van der Waals surface area contributed by atoms with E-state index in [4.69, 9.17) is 9.47 Å². The van der Waals surface area contributed by atoms with Crippen LogP contribution in [0.2, 0.25) is 0 Å². The number of benzene rings is 2. The van der Waals surface area contributed by atoms with Crippen molar-refractivity contribution in [1.82, 2.24) is 0 Å². The van der Waals surface area contributed by atoms with Gasteiger partial charge in [-0.05, 0) is 30.2 Å². The lowest BCUT2D eigenvalue weighted by atomic mass is 10.0. The van der Waals surface area contributed by atoms with Crippen molar-refractivity contribution in [3.05, 3.63) is 53.6 Å². The summed E-state index contributed by atoms with van der Waals surface area (Å²) in [5, 5.41) is 0. The van der Waals surface area contributed by atoms with Gasteiger partial charge in [-0.3, -0.25) is 0 Å². The number of carbonyl (C=O) groups excluding carboxylic acids is 1. The summed E-state index contributed by atoms with van der Waals surface area (Å²) < 4.78 is 9.97. The molecule has 0 aromatic heterocycles. The Bertz CT molecular complexity index is 585. The summed E-state index contributed by atoms with van der Waals surface area (Å²) in [6.45, 7) is 2.05. The van der Waals surface area contributed by atoms with Gasteiger partial charge in [-0.2, -0.15) is 0 Å². The molecule has 2 aromatic rings. The highest BCUT2D eigenvalue weighted by molar-refractivity contribution is 5.93. The van der Waals surface area contributed by atoms with E-state index >= 15 is 0 Å². The quantitative estimate of drug-likeness (QED) is 0.789. The van der Waals surface area contributed by atoms with Crippen molar-refractivity contribution < 1.29 is 14.3 Å². The molecule has 0 aliphatic carbocycles. The molecule has 0 saturated carbocycles. The third-order valence-electron chi connectivity index (χ3n) is 2.99. The van der Waals surface area contributed by atoms with Crippen LogP contribution in [-0.4, -0.2) is 20.2 Å². The number of rotatable bonds is 3. The van der Waals surface area contributed by atoms with Crippen molar-refractivity contribution in [3.8, 4) is 16.9 Å². The Morgan fingerprint density at radius 1 is 0.947 bits per heavy atom. The monoisotopic (exact) mass is 256 g/mol. The number of aryl methyl sites for hydroxylation is 1. The maximum atomic E-state index is 11.6. The molecule has 3 heteroatoms. The van der Waals surface area contributed by atoms with E-state index in [1.165, 1.54) is 12.7 Å². The molecule has 0 saturated heterocycles. The SMILES string of the molecule is COC(=O)c1ccc(-c2ccc(C)cc2)cc1OC. The minimum atomic E-state index is -0.396. The first-order chi connectivity index (χ1) is 9.15. The summed E-state index contributed by atoms with van der Waals surface area (Å²) in [5.41, 5.74) is 3.73. The third kappa shape index (κ3) is 2.76. The Hall–Kier alpha value is -2.29. The van der Waals surface area contributed by atoms with Crippen LogP contribution in [0.1, 0.15) is 15.9 Å². The predicted molar refractivity (Wildman–Crippen MR) is 74.5 cm³/mol. The highest BCUT2D eigenvalue weighted by Gasteiger charge is 2.13. The largest absolute Gasteiger partial charge is 0.496 e. The summed E-state index contributed by atoms with van der Waals surface area (Å²) in [7, 11) is 2.90. The second-order valence-corrected chi connectivity index (χ2v) is 4.27. The van der Waals surface area contributed by atoms with Gasteiger partial charge < -0.3 is 9.47 Å². The van der Waals surface area contributed by atoms with Crippen LogP contribution in [0, 0.1) is 6.92 Å². The molecular formula is C16H16O3. The number of hydrogen-bond acceptors (Lipinski definition) is 3. The molecule has 3 nitrogen and oxygen atoms in total. The lowest BCUT2D eigenvalue weighted by Crippen LogP contribution is -2.04. The molecule has 0 N–H and O–H groups in total. The summed E-state index contributed by atoms with van der Waals surface area (Å²) >= 11 is 0. The van der Waals surface area contributed by atoms with Gasteiger partial charge in [0, 0.05) is 0 Å². The molecular weight excluding hydrogens is 240 g/mol. The minimum Gasteiger partial charge on any atom is -0.496 e. The Morgan fingerprint density at radius 2 is 1.58 bits per heavy atom. The lowest BCUT2D eigenvalue weighted by molar-refractivity contribution is 0.0597. The molecule has 2 aromatic carbocycles. The van der Waals surface area contributed by atoms with E-state index in [1.807, 2.05) is 31.2 Å². The van der Waals surface area contributed by atoms with Gasteiger partial charge >= 0.3 is 5.97 Å². The van der Waals surface area contributed by atoms with Crippen molar-refractivity contribution in [2.45, 2.75) is 6.92 Å². The Kier molecular flexibility index (Phi) is 3.85. The summed E-state index contributed by atoms with van der Waals surface area (Å²) in [5.74, 6) is 0.122. The normalized spacial score (nSPS) is 10.1. The second-order valence-electron chi connectivity index (χ2n) is 4.27. The molecule has 0 heterocycles. The van der Waals surface area contributed by atoms with E-state index < -0.39 is 5.97 Å². The van der Waals surface area contributed by atoms with Crippen LogP contribution in [0.4, 0.5) is 0 Å².